The Morgan fingerprint density at radius 1 is 1.00 bits per heavy atom. The summed E-state index contributed by atoms with van der Waals surface area (Å²) >= 11 is 0. The second-order valence-electron chi connectivity index (χ2n) is 7.60. The van der Waals surface area contributed by atoms with E-state index in [2.05, 4.69) is 15.4 Å². The average molecular weight is 432 g/mol. The van der Waals surface area contributed by atoms with Gasteiger partial charge in [0.1, 0.15) is 0 Å². The Morgan fingerprint density at radius 3 is 2.11 bits per heavy atom. The van der Waals surface area contributed by atoms with E-state index < -0.39 is 10.0 Å². The van der Waals surface area contributed by atoms with Crippen molar-refractivity contribution in [1.82, 2.24) is 15.4 Å². The molecule has 8 heteroatoms. The lowest BCUT2D eigenvalue weighted by Crippen LogP contribution is -2.32. The van der Waals surface area contributed by atoms with Crippen molar-refractivity contribution >= 4 is 28.3 Å². The number of rotatable bonds is 8. The molecule has 1 aromatic rings. The van der Waals surface area contributed by atoms with Crippen molar-refractivity contribution in [2.24, 2.45) is 5.92 Å². The van der Waals surface area contributed by atoms with E-state index in [0.29, 0.717) is 17.4 Å². The Bertz CT molecular complexity index is 774. The number of hydrogen-bond donors (Lipinski definition) is 3. The van der Waals surface area contributed by atoms with Crippen LogP contribution in [0.15, 0.2) is 4.90 Å². The molecule has 1 fully saturated rings. The summed E-state index contributed by atoms with van der Waals surface area (Å²) in [6.45, 7) is 12.4. The summed E-state index contributed by atoms with van der Waals surface area (Å²) in [5, 5.41) is 6.19. The van der Waals surface area contributed by atoms with Crippen molar-refractivity contribution in [3.63, 3.8) is 0 Å². The minimum absolute atomic E-state index is 0. The number of carbonyl (C=O) groups is 1. The van der Waals surface area contributed by atoms with Crippen molar-refractivity contribution in [2.75, 3.05) is 26.2 Å². The molecule has 1 amide bonds. The van der Waals surface area contributed by atoms with Gasteiger partial charge in [-0.3, -0.25) is 4.79 Å². The van der Waals surface area contributed by atoms with Crippen molar-refractivity contribution < 1.29 is 13.2 Å². The van der Waals surface area contributed by atoms with Gasteiger partial charge in [-0.25, -0.2) is 13.1 Å². The monoisotopic (exact) mass is 431 g/mol. The average Bonchev–Trinajstić information content (AvgIpc) is 3.11. The van der Waals surface area contributed by atoms with Crippen LogP contribution in [0.5, 0.6) is 0 Å². The molecule has 2 rings (SSSR count). The molecule has 0 spiro atoms. The topological polar surface area (TPSA) is 87.3 Å². The standard InChI is InChI=1S/C20H33N3O3S.ClH/c1-13-14(2)16(4)20(17(5)15(13)3)27(25,26)23-11-8-19(24)22-10-7-18-6-9-21-12-18;/h18,21,23H,6-12H2,1-5H3,(H,22,24);1H. The molecule has 1 unspecified atom stereocenters. The number of amides is 1. The fourth-order valence-corrected chi connectivity index (χ4v) is 5.33. The van der Waals surface area contributed by atoms with Gasteiger partial charge < -0.3 is 10.6 Å². The highest BCUT2D eigenvalue weighted by molar-refractivity contribution is 7.89. The Morgan fingerprint density at radius 2 is 1.57 bits per heavy atom. The van der Waals surface area contributed by atoms with E-state index in [1.165, 1.54) is 0 Å². The zero-order chi connectivity index (χ0) is 20.2. The molecule has 0 bridgehead atoms. The highest BCUT2D eigenvalue weighted by atomic mass is 35.5. The molecule has 28 heavy (non-hydrogen) atoms. The fraction of sp³-hybridized carbons (Fsp3) is 0.650. The van der Waals surface area contributed by atoms with Crippen LogP contribution in [0.4, 0.5) is 0 Å². The smallest absolute Gasteiger partial charge is 0.241 e. The first-order valence-electron chi connectivity index (χ1n) is 9.69. The SMILES string of the molecule is Cc1c(C)c(C)c(S(=O)(=O)NCCC(=O)NCCC2CCNC2)c(C)c1C.Cl. The molecule has 1 atom stereocenters. The Balaban J connectivity index is 0.00000392. The highest BCUT2D eigenvalue weighted by Crippen LogP contribution is 2.29. The molecule has 1 aliphatic heterocycles. The second kappa shape index (κ2) is 10.6. The lowest BCUT2D eigenvalue weighted by Gasteiger charge is -2.19. The molecule has 1 aromatic carbocycles. The van der Waals surface area contributed by atoms with Gasteiger partial charge in [0.25, 0.3) is 0 Å². The number of carbonyl (C=O) groups excluding carboxylic acids is 1. The zero-order valence-corrected chi connectivity index (χ0v) is 19.2. The summed E-state index contributed by atoms with van der Waals surface area (Å²) in [6, 6.07) is 0. The van der Waals surface area contributed by atoms with E-state index in [0.717, 1.165) is 53.7 Å². The van der Waals surface area contributed by atoms with E-state index in [-0.39, 0.29) is 31.3 Å². The van der Waals surface area contributed by atoms with Gasteiger partial charge in [-0.15, -0.1) is 12.4 Å². The number of halogens is 1. The summed E-state index contributed by atoms with van der Waals surface area (Å²) in [7, 11) is -3.65. The van der Waals surface area contributed by atoms with Crippen molar-refractivity contribution in [3.05, 3.63) is 27.8 Å². The molecule has 0 aliphatic carbocycles. The first kappa shape index (κ1) is 24.9. The van der Waals surface area contributed by atoms with Crippen LogP contribution < -0.4 is 15.4 Å². The Labute approximate surface area is 175 Å². The van der Waals surface area contributed by atoms with Crippen LogP contribution in [0, 0.1) is 40.5 Å². The predicted molar refractivity (Wildman–Crippen MR) is 116 cm³/mol. The van der Waals surface area contributed by atoms with Gasteiger partial charge in [-0.1, -0.05) is 0 Å². The first-order valence-corrected chi connectivity index (χ1v) is 11.2. The van der Waals surface area contributed by atoms with Crippen molar-refractivity contribution in [1.29, 1.82) is 0 Å². The number of benzene rings is 1. The number of hydrogen-bond acceptors (Lipinski definition) is 4. The van der Waals surface area contributed by atoms with E-state index in [4.69, 9.17) is 0 Å². The molecule has 1 heterocycles. The van der Waals surface area contributed by atoms with Gasteiger partial charge in [-0.05, 0) is 94.3 Å². The maximum Gasteiger partial charge on any atom is 0.241 e. The Kier molecular flexibility index (Phi) is 9.40. The molecule has 0 saturated carbocycles. The molecule has 1 aliphatic rings. The predicted octanol–water partition coefficient (Wildman–Crippen LogP) is 2.43. The number of sulfonamides is 1. The van der Waals surface area contributed by atoms with Gasteiger partial charge in [0.15, 0.2) is 0 Å². The van der Waals surface area contributed by atoms with E-state index in [9.17, 15) is 13.2 Å². The summed E-state index contributed by atoms with van der Waals surface area (Å²) in [5.74, 6) is 0.510. The molecule has 160 valence electrons. The van der Waals surface area contributed by atoms with Crippen LogP contribution in [0.2, 0.25) is 0 Å². The third-order valence-corrected chi connectivity index (χ3v) is 7.62. The molecule has 6 nitrogen and oxygen atoms in total. The lowest BCUT2D eigenvalue weighted by atomic mass is 9.95. The fourth-order valence-electron chi connectivity index (χ4n) is 3.70. The molecule has 0 aromatic heterocycles. The van der Waals surface area contributed by atoms with Crippen LogP contribution in [-0.2, 0) is 14.8 Å². The van der Waals surface area contributed by atoms with Crippen LogP contribution in [0.25, 0.3) is 0 Å². The molecular formula is C20H34ClN3O3S. The largest absolute Gasteiger partial charge is 0.356 e. The van der Waals surface area contributed by atoms with E-state index in [1.54, 1.807) is 0 Å². The summed E-state index contributed by atoms with van der Waals surface area (Å²) in [5.41, 5.74) is 4.67. The zero-order valence-electron chi connectivity index (χ0n) is 17.6. The van der Waals surface area contributed by atoms with Crippen LogP contribution in [-0.4, -0.2) is 40.5 Å². The van der Waals surface area contributed by atoms with Gasteiger partial charge in [-0.2, -0.15) is 0 Å². The number of nitrogens with one attached hydrogen (secondary N) is 3. The molecule has 3 N–H and O–H groups in total. The Hall–Kier alpha value is -1.15. The molecule has 1 saturated heterocycles. The van der Waals surface area contributed by atoms with Gasteiger partial charge >= 0.3 is 0 Å². The quantitative estimate of drug-likeness (QED) is 0.590. The minimum atomic E-state index is -3.65. The summed E-state index contributed by atoms with van der Waals surface area (Å²) < 4.78 is 28.2. The van der Waals surface area contributed by atoms with Gasteiger partial charge in [0, 0.05) is 19.5 Å². The second-order valence-corrected chi connectivity index (χ2v) is 9.30. The summed E-state index contributed by atoms with van der Waals surface area (Å²) in [4.78, 5) is 12.3. The van der Waals surface area contributed by atoms with Crippen molar-refractivity contribution in [2.45, 2.75) is 58.8 Å². The van der Waals surface area contributed by atoms with E-state index >= 15 is 0 Å². The molecule has 0 radical (unpaired) electrons. The third-order valence-electron chi connectivity index (χ3n) is 5.88. The van der Waals surface area contributed by atoms with Crippen LogP contribution in [0.3, 0.4) is 0 Å². The third kappa shape index (κ3) is 5.92. The maximum atomic E-state index is 12.8. The minimum Gasteiger partial charge on any atom is -0.356 e. The highest BCUT2D eigenvalue weighted by Gasteiger charge is 2.23. The van der Waals surface area contributed by atoms with Crippen LogP contribution in [0.1, 0.15) is 47.1 Å². The van der Waals surface area contributed by atoms with E-state index in [1.807, 2.05) is 34.6 Å². The van der Waals surface area contributed by atoms with Gasteiger partial charge in [0.05, 0.1) is 4.90 Å². The lowest BCUT2D eigenvalue weighted by molar-refractivity contribution is -0.120. The maximum absolute atomic E-state index is 12.8. The van der Waals surface area contributed by atoms with Crippen molar-refractivity contribution in [3.8, 4) is 0 Å². The normalized spacial score (nSPS) is 16.7. The molecular weight excluding hydrogens is 398 g/mol. The summed E-state index contributed by atoms with van der Waals surface area (Å²) in [6.07, 6.45) is 2.26. The van der Waals surface area contributed by atoms with Gasteiger partial charge in [0.2, 0.25) is 15.9 Å². The van der Waals surface area contributed by atoms with Crippen LogP contribution >= 0.6 is 12.4 Å². The first-order chi connectivity index (χ1) is 12.6.